The topological polar surface area (TPSA) is 145 Å². The molecule has 22 rings (SSSR count). The third kappa shape index (κ3) is 11.7. The van der Waals surface area contributed by atoms with E-state index >= 15 is 0 Å². The van der Waals surface area contributed by atoms with Crippen molar-refractivity contribution in [1.29, 1.82) is 0 Å². The maximum atomic E-state index is 10.0. The summed E-state index contributed by atoms with van der Waals surface area (Å²) in [5.74, 6) is -0.757. The van der Waals surface area contributed by atoms with E-state index in [2.05, 4.69) is 267 Å². The van der Waals surface area contributed by atoms with Crippen LogP contribution in [0.3, 0.4) is 0 Å². The number of furan rings is 3. The number of rotatable bonds is 5. The molecule has 0 aliphatic carbocycles. The van der Waals surface area contributed by atoms with Gasteiger partial charge in [0, 0.05) is 98.6 Å². The van der Waals surface area contributed by atoms with E-state index in [0.717, 1.165) is 98.9 Å². The van der Waals surface area contributed by atoms with Gasteiger partial charge in [0.2, 0.25) is 0 Å². The number of anilines is 3. The molecule has 0 unspecified atom stereocenters. The molecule has 12 heteroatoms. The Bertz CT molecular complexity index is 7150. The number of nitrogens with two attached hydrogens (primary N) is 1. The number of hydrogen-bond donors (Lipinski definition) is 4. The van der Waals surface area contributed by atoms with Crippen molar-refractivity contribution in [2.75, 3.05) is 11.1 Å². The van der Waals surface area contributed by atoms with Gasteiger partial charge in [-0.1, -0.05) is 188 Å². The molecular weight excluding hydrogens is 1340 g/mol. The highest BCUT2D eigenvalue weighted by molar-refractivity contribution is 6.37. The zero-order valence-electron chi connectivity index (χ0n) is 58.6. The monoisotopic (exact) mass is 1410 g/mol. The third-order valence-electron chi connectivity index (χ3n) is 20.0. The fraction of sp³-hybridized carbons (Fsp3) is 0.0421. The molecule has 0 saturated carbocycles. The Morgan fingerprint density at radius 1 is 0.355 bits per heavy atom. The summed E-state index contributed by atoms with van der Waals surface area (Å²) in [6, 6.07) is 115. The van der Waals surface area contributed by atoms with Gasteiger partial charge in [-0.15, -0.1) is 0 Å². The first-order chi connectivity index (χ1) is 52.4. The third-order valence-corrected chi connectivity index (χ3v) is 20.3. The minimum atomic E-state index is -0.757. The van der Waals surface area contributed by atoms with E-state index in [4.69, 9.17) is 35.7 Å². The quantitative estimate of drug-likeness (QED) is 0.126. The number of nitrogen functional groups attached to an aromatic ring is 1. The number of para-hydroxylation sites is 9. The summed E-state index contributed by atoms with van der Waals surface area (Å²) in [5.41, 5.74) is 26.7. The SMILES string of the molecule is CC(C)(C)C(=O)O.Clc1cccc2oc3ccccc3c12.Nc1ccc2c(c1)c1ccccc1n2-c1ccccc1.c1ccc(-n2c3ccccc3c3cc(Nc4cccc5oc6ccccc6c45)ccc32)cc1.c1ccc(-n2c3ccccc3c3cc4[nH]c5c(ccc6oc7ccccc7c65)c4cc32)cc1. The first-order valence-electron chi connectivity index (χ1n) is 35.6. The maximum Gasteiger partial charge on any atom is 0.308 e. The zero-order valence-corrected chi connectivity index (χ0v) is 59.4. The number of nitrogens with one attached hydrogen (secondary N) is 2. The lowest BCUT2D eigenvalue weighted by Crippen LogP contribution is -2.18. The van der Waals surface area contributed by atoms with E-state index < -0.39 is 11.4 Å². The summed E-state index contributed by atoms with van der Waals surface area (Å²) in [7, 11) is 0. The molecule has 0 fully saturated rings. The van der Waals surface area contributed by atoms with Crippen LogP contribution in [0.1, 0.15) is 20.8 Å². The van der Waals surface area contributed by atoms with E-state index in [1.807, 2.05) is 91.0 Å². The van der Waals surface area contributed by atoms with Gasteiger partial charge < -0.3 is 48.1 Å². The minimum absolute atomic E-state index is 0.583. The number of aliphatic carboxylic acids is 1. The first-order valence-corrected chi connectivity index (χ1v) is 36.0. The Kier molecular flexibility index (Phi) is 16.4. The van der Waals surface area contributed by atoms with Crippen molar-refractivity contribution in [3.05, 3.63) is 339 Å². The molecule has 7 aromatic heterocycles. The standard InChI is InChI=1S/C30H18N2O.C30H20N2O.C18H14N2.C12H7ClO.C5H10O2/c1-2-8-18(9-3-1)32-25-12-6-4-10-19(25)23-16-24-22(17-26(23)32)20-14-15-28-29(30(20)31-24)21-11-5-7-13-27(21)33-28;1-2-9-21(10-3-1)32-26-14-6-4-11-22(26)24-19-20(17-18-27(24)32)31-25-13-8-16-29-30(25)23-12-5-7-15-28(23)33-29;19-13-10-11-18-16(12-13)15-8-4-5-9-17(15)20(18)14-6-2-1-3-7-14;13-9-5-3-7-11-12(9)8-4-1-2-6-10(8)14-11;1-5(2,3)4(6)7/h1-17,31H;1-19,31H;1-12H,19H2;1-7H;1-3H3,(H,6,7). The lowest BCUT2D eigenvalue weighted by molar-refractivity contribution is -0.145. The number of carboxylic acid groups (broad SMARTS) is 1. The number of carboxylic acids is 1. The van der Waals surface area contributed by atoms with Crippen LogP contribution in [0.4, 0.5) is 17.1 Å². The second kappa shape index (κ2) is 26.8. The molecule has 0 aliphatic heterocycles. The van der Waals surface area contributed by atoms with Gasteiger partial charge in [-0.25, -0.2) is 0 Å². The number of aromatic nitrogens is 4. The van der Waals surface area contributed by atoms with Crippen molar-refractivity contribution in [2.24, 2.45) is 5.41 Å². The molecule has 0 saturated heterocycles. The van der Waals surface area contributed by atoms with Crippen LogP contribution in [-0.4, -0.2) is 29.8 Å². The van der Waals surface area contributed by atoms with E-state index in [0.29, 0.717) is 0 Å². The van der Waals surface area contributed by atoms with Gasteiger partial charge in [-0.05, 0) is 178 Å². The van der Waals surface area contributed by atoms with E-state index in [-0.39, 0.29) is 0 Å². The molecular formula is C95H69ClN6O5. The summed E-state index contributed by atoms with van der Waals surface area (Å²) >= 11 is 6.12. The van der Waals surface area contributed by atoms with Crippen molar-refractivity contribution >= 4 is 188 Å². The smallest absolute Gasteiger partial charge is 0.308 e. The van der Waals surface area contributed by atoms with Gasteiger partial charge >= 0.3 is 5.97 Å². The van der Waals surface area contributed by atoms with Crippen LogP contribution in [0, 0.1) is 5.41 Å². The predicted molar refractivity (Wildman–Crippen MR) is 446 cm³/mol. The van der Waals surface area contributed by atoms with Gasteiger partial charge in [0.1, 0.15) is 33.5 Å². The Morgan fingerprint density at radius 3 is 1.27 bits per heavy atom. The van der Waals surface area contributed by atoms with Gasteiger partial charge in [-0.2, -0.15) is 0 Å². The second-order valence-corrected chi connectivity index (χ2v) is 28.1. The van der Waals surface area contributed by atoms with Gasteiger partial charge in [-0.3, -0.25) is 4.79 Å². The average Bonchev–Trinajstić information content (AvgIpc) is 1.56. The number of H-pyrrole nitrogens is 1. The van der Waals surface area contributed by atoms with Crippen molar-refractivity contribution in [3.8, 4) is 17.1 Å². The van der Waals surface area contributed by atoms with Crippen LogP contribution in [0.5, 0.6) is 0 Å². The van der Waals surface area contributed by atoms with Crippen LogP contribution >= 0.6 is 11.6 Å². The van der Waals surface area contributed by atoms with Gasteiger partial charge in [0.05, 0.1) is 65.5 Å². The number of nitrogens with zero attached hydrogens (tertiary/aromatic N) is 3. The molecule has 0 atom stereocenters. The molecule has 22 aromatic rings. The van der Waals surface area contributed by atoms with Gasteiger partial charge in [0.25, 0.3) is 0 Å². The second-order valence-electron chi connectivity index (χ2n) is 27.7. The van der Waals surface area contributed by atoms with Crippen LogP contribution in [0.15, 0.2) is 347 Å². The van der Waals surface area contributed by atoms with Crippen LogP contribution in [0.25, 0.3) is 170 Å². The van der Waals surface area contributed by atoms with E-state index in [1.165, 1.54) is 93.3 Å². The van der Waals surface area contributed by atoms with E-state index in [1.54, 1.807) is 20.8 Å². The van der Waals surface area contributed by atoms with Crippen molar-refractivity contribution in [2.45, 2.75) is 20.8 Å². The number of carbonyl (C=O) groups is 1. The fourth-order valence-corrected chi connectivity index (χ4v) is 15.3. The summed E-state index contributed by atoms with van der Waals surface area (Å²) in [6.45, 7) is 4.99. The number of benzene rings is 15. The largest absolute Gasteiger partial charge is 0.481 e. The maximum absolute atomic E-state index is 10.0. The van der Waals surface area contributed by atoms with E-state index in [9.17, 15) is 4.79 Å². The number of aromatic amines is 1. The van der Waals surface area contributed by atoms with Crippen molar-refractivity contribution in [3.63, 3.8) is 0 Å². The molecule has 107 heavy (non-hydrogen) atoms. The normalized spacial score (nSPS) is 11.7. The summed E-state index contributed by atoms with van der Waals surface area (Å²) in [4.78, 5) is 13.8. The molecule has 0 bridgehead atoms. The molecule has 7 heterocycles. The number of fused-ring (bicyclic) bond motifs is 22. The highest BCUT2D eigenvalue weighted by Gasteiger charge is 2.22. The van der Waals surface area contributed by atoms with Crippen LogP contribution in [-0.2, 0) is 4.79 Å². The molecule has 0 aliphatic rings. The molecule has 0 spiro atoms. The molecule has 11 nitrogen and oxygen atoms in total. The lowest BCUT2D eigenvalue weighted by atomic mass is 9.98. The molecule has 0 radical (unpaired) electrons. The van der Waals surface area contributed by atoms with Crippen molar-refractivity contribution < 1.29 is 23.2 Å². The molecule has 15 aromatic carbocycles. The van der Waals surface area contributed by atoms with Crippen molar-refractivity contribution in [1.82, 2.24) is 18.7 Å². The summed E-state index contributed by atoms with van der Waals surface area (Å²) in [6.07, 6.45) is 0. The average molecular weight is 1410 g/mol. The van der Waals surface area contributed by atoms with Crippen LogP contribution < -0.4 is 11.1 Å². The minimum Gasteiger partial charge on any atom is -0.481 e. The molecule has 0 amide bonds. The molecule has 5 N–H and O–H groups in total. The highest BCUT2D eigenvalue weighted by Crippen LogP contribution is 2.43. The number of hydrogen-bond acceptors (Lipinski definition) is 6. The highest BCUT2D eigenvalue weighted by atomic mass is 35.5. The number of halogens is 1. The Hall–Kier alpha value is -13.7. The molecule has 516 valence electrons. The Morgan fingerprint density at radius 2 is 0.748 bits per heavy atom. The Labute approximate surface area is 618 Å². The predicted octanol–water partition coefficient (Wildman–Crippen LogP) is 26.5. The summed E-state index contributed by atoms with van der Waals surface area (Å²) < 4.78 is 24.8. The zero-order chi connectivity index (χ0) is 72.4. The van der Waals surface area contributed by atoms with Gasteiger partial charge in [0.15, 0.2) is 0 Å². The van der Waals surface area contributed by atoms with Crippen LogP contribution in [0.2, 0.25) is 5.02 Å². The Balaban J connectivity index is 0.000000102. The lowest BCUT2D eigenvalue weighted by Gasteiger charge is -2.10. The fourth-order valence-electron chi connectivity index (χ4n) is 15.0. The first kappa shape index (κ1) is 65.3. The summed E-state index contributed by atoms with van der Waals surface area (Å²) in [5, 5.41) is 29.1.